The number of nitrogen functional groups attached to an aromatic ring is 1. The average molecular weight is 317 g/mol. The Bertz CT molecular complexity index is 656. The zero-order valence-corrected chi connectivity index (χ0v) is 12.2. The third kappa shape index (κ3) is 3.96. The first kappa shape index (κ1) is 15.8. The number of hydrogen-bond donors (Lipinski definition) is 3. The molecule has 0 saturated carbocycles. The number of nitrogens with two attached hydrogens (primary N) is 1. The normalized spacial score (nSPS) is 13.7. The van der Waals surface area contributed by atoms with Gasteiger partial charge in [-0.25, -0.2) is 15.0 Å². The smallest absolute Gasteiger partial charge is 0.350 e. The molecule has 0 aromatic carbocycles. The van der Waals surface area contributed by atoms with Crippen molar-refractivity contribution in [3.63, 3.8) is 0 Å². The van der Waals surface area contributed by atoms with Gasteiger partial charge in [0.25, 0.3) is 0 Å². The van der Waals surface area contributed by atoms with E-state index in [4.69, 9.17) is 25.0 Å². The van der Waals surface area contributed by atoms with Gasteiger partial charge in [0, 0.05) is 6.61 Å². The van der Waals surface area contributed by atoms with Gasteiger partial charge in [-0.3, -0.25) is 9.13 Å². The summed E-state index contributed by atoms with van der Waals surface area (Å²) in [5, 5.41) is 0. The summed E-state index contributed by atoms with van der Waals surface area (Å²) in [5.74, 6) is 0.241. The summed E-state index contributed by atoms with van der Waals surface area (Å²) >= 11 is 0. The maximum atomic E-state index is 10.8. The van der Waals surface area contributed by atoms with Crippen molar-refractivity contribution < 1.29 is 23.8 Å². The molecule has 116 valence electrons. The van der Waals surface area contributed by atoms with Gasteiger partial charge in [-0.1, -0.05) is 0 Å². The molecule has 21 heavy (non-hydrogen) atoms. The largest absolute Gasteiger partial charge is 0.382 e. The summed E-state index contributed by atoms with van der Waals surface area (Å²) < 4.78 is 22.9. The van der Waals surface area contributed by atoms with E-state index in [0.717, 1.165) is 0 Å². The van der Waals surface area contributed by atoms with Crippen LogP contribution in [0.15, 0.2) is 12.7 Å². The molecule has 0 aliphatic heterocycles. The maximum absolute atomic E-state index is 10.8. The zero-order chi connectivity index (χ0) is 15.5. The maximum Gasteiger partial charge on any atom is 0.350 e. The Morgan fingerprint density at radius 1 is 1.43 bits per heavy atom. The molecule has 0 aliphatic carbocycles. The van der Waals surface area contributed by atoms with Gasteiger partial charge in [-0.05, 0) is 6.92 Å². The van der Waals surface area contributed by atoms with Crippen LogP contribution in [0.2, 0.25) is 0 Å². The molecule has 0 aliphatic rings. The molecular weight excluding hydrogens is 301 g/mol. The molecule has 0 spiro atoms. The third-order valence-corrected chi connectivity index (χ3v) is 3.10. The molecule has 2 heterocycles. The number of anilines is 1. The van der Waals surface area contributed by atoms with Crippen molar-refractivity contribution in [1.29, 1.82) is 0 Å². The summed E-state index contributed by atoms with van der Waals surface area (Å²) in [6.45, 7) is 2.11. The van der Waals surface area contributed by atoms with E-state index in [0.29, 0.717) is 17.8 Å². The van der Waals surface area contributed by atoms with Crippen LogP contribution in [0.1, 0.15) is 13.2 Å². The summed E-state index contributed by atoms with van der Waals surface area (Å²) in [6.07, 6.45) is 1.47. The fourth-order valence-electron chi connectivity index (χ4n) is 1.75. The second-order valence-electron chi connectivity index (χ2n) is 4.16. The molecule has 0 fully saturated rings. The first-order valence-electron chi connectivity index (χ1n) is 6.09. The number of nitrogens with zero attached hydrogens (tertiary/aromatic N) is 4. The number of imidazole rings is 1. The molecule has 2 aromatic rings. The Morgan fingerprint density at radius 2 is 2.19 bits per heavy atom. The highest BCUT2D eigenvalue weighted by Gasteiger charge is 2.19. The Labute approximate surface area is 120 Å². The number of hydrogen-bond acceptors (Lipinski definition) is 7. The monoisotopic (exact) mass is 317 g/mol. The second kappa shape index (κ2) is 6.46. The lowest BCUT2D eigenvalue weighted by molar-refractivity contribution is -0.0446. The Hall–Kier alpha value is -1.58. The molecule has 0 bridgehead atoms. The third-order valence-electron chi connectivity index (χ3n) is 2.58. The van der Waals surface area contributed by atoms with Crippen molar-refractivity contribution in [3.8, 4) is 0 Å². The highest BCUT2D eigenvalue weighted by Crippen LogP contribution is 2.34. The number of rotatable bonds is 7. The SMILES string of the molecule is CCO[C@H](COCP(=O)(O)O)n1cnc2c(N)ncnc21. The van der Waals surface area contributed by atoms with Crippen LogP contribution in [0.3, 0.4) is 0 Å². The van der Waals surface area contributed by atoms with Gasteiger partial charge in [0.05, 0.1) is 12.9 Å². The Balaban J connectivity index is 2.20. The fourth-order valence-corrected chi connectivity index (χ4v) is 2.10. The minimum atomic E-state index is -4.22. The van der Waals surface area contributed by atoms with Crippen LogP contribution in [0.5, 0.6) is 0 Å². The average Bonchev–Trinajstić information content (AvgIpc) is 2.81. The van der Waals surface area contributed by atoms with Crippen molar-refractivity contribution in [3.05, 3.63) is 12.7 Å². The Kier molecular flexibility index (Phi) is 4.86. The van der Waals surface area contributed by atoms with E-state index < -0.39 is 20.2 Å². The molecule has 0 saturated heterocycles. The van der Waals surface area contributed by atoms with E-state index in [1.165, 1.54) is 12.7 Å². The van der Waals surface area contributed by atoms with Gasteiger partial charge in [0.1, 0.15) is 18.2 Å². The molecule has 2 rings (SSSR count). The molecule has 2 aromatic heterocycles. The molecule has 0 unspecified atom stereocenters. The fraction of sp³-hybridized carbons (Fsp3) is 0.500. The summed E-state index contributed by atoms with van der Waals surface area (Å²) in [4.78, 5) is 29.6. The van der Waals surface area contributed by atoms with Gasteiger partial charge < -0.3 is 25.0 Å². The van der Waals surface area contributed by atoms with Crippen molar-refractivity contribution in [2.75, 3.05) is 25.3 Å². The molecule has 0 amide bonds. The van der Waals surface area contributed by atoms with Crippen LogP contribution >= 0.6 is 7.60 Å². The minimum Gasteiger partial charge on any atom is -0.382 e. The van der Waals surface area contributed by atoms with Crippen molar-refractivity contribution in [2.24, 2.45) is 0 Å². The summed E-state index contributed by atoms with van der Waals surface area (Å²) in [7, 11) is -4.22. The predicted octanol–water partition coefficient (Wildman–Crippen LogP) is 0.0954. The van der Waals surface area contributed by atoms with E-state index in [9.17, 15) is 4.57 Å². The zero-order valence-electron chi connectivity index (χ0n) is 11.3. The van der Waals surface area contributed by atoms with E-state index in [1.807, 2.05) is 0 Å². The molecule has 11 heteroatoms. The quantitative estimate of drug-likeness (QED) is 0.605. The Morgan fingerprint density at radius 3 is 2.86 bits per heavy atom. The highest BCUT2D eigenvalue weighted by atomic mass is 31.2. The number of aromatic nitrogens is 4. The van der Waals surface area contributed by atoms with Gasteiger partial charge in [-0.2, -0.15) is 0 Å². The van der Waals surface area contributed by atoms with Crippen molar-refractivity contribution in [2.45, 2.75) is 13.2 Å². The van der Waals surface area contributed by atoms with Gasteiger partial charge in [0.15, 0.2) is 17.7 Å². The van der Waals surface area contributed by atoms with Crippen LogP contribution in [-0.2, 0) is 14.0 Å². The van der Waals surface area contributed by atoms with Crippen molar-refractivity contribution in [1.82, 2.24) is 19.5 Å². The lowest BCUT2D eigenvalue weighted by atomic mass is 10.5. The van der Waals surface area contributed by atoms with Crippen LogP contribution in [-0.4, -0.2) is 48.9 Å². The standard InChI is InChI=1S/C10H16N5O5P/c1-2-20-7(3-19-6-21(16,17)18)15-5-14-8-9(11)12-4-13-10(8)15/h4-5,7H,2-3,6H2,1H3,(H2,11,12,13)(H2,16,17,18)/t7-/m1/s1. The topological polar surface area (TPSA) is 146 Å². The molecule has 1 atom stereocenters. The number of fused-ring (bicyclic) bond motifs is 1. The molecule has 4 N–H and O–H groups in total. The van der Waals surface area contributed by atoms with Gasteiger partial charge in [-0.15, -0.1) is 0 Å². The first-order valence-corrected chi connectivity index (χ1v) is 7.89. The molecule has 10 nitrogen and oxygen atoms in total. The lowest BCUT2D eigenvalue weighted by Crippen LogP contribution is -2.19. The van der Waals surface area contributed by atoms with Gasteiger partial charge in [0.2, 0.25) is 0 Å². The summed E-state index contributed by atoms with van der Waals surface area (Å²) in [6, 6.07) is 0. The molecular formula is C10H16N5O5P. The van der Waals surface area contributed by atoms with E-state index in [2.05, 4.69) is 15.0 Å². The highest BCUT2D eigenvalue weighted by molar-refractivity contribution is 7.51. The van der Waals surface area contributed by atoms with Crippen LogP contribution in [0, 0.1) is 0 Å². The van der Waals surface area contributed by atoms with Crippen LogP contribution < -0.4 is 5.73 Å². The molecule has 0 radical (unpaired) electrons. The van der Waals surface area contributed by atoms with Crippen LogP contribution in [0.25, 0.3) is 11.2 Å². The van der Waals surface area contributed by atoms with E-state index in [1.54, 1.807) is 11.5 Å². The van der Waals surface area contributed by atoms with Gasteiger partial charge >= 0.3 is 7.60 Å². The second-order valence-corrected chi connectivity index (χ2v) is 5.75. The van der Waals surface area contributed by atoms with Crippen molar-refractivity contribution >= 4 is 24.6 Å². The van der Waals surface area contributed by atoms with Crippen LogP contribution in [0.4, 0.5) is 5.82 Å². The van der Waals surface area contributed by atoms with E-state index >= 15 is 0 Å². The lowest BCUT2D eigenvalue weighted by Gasteiger charge is -2.19. The first-order chi connectivity index (χ1) is 9.92. The number of ether oxygens (including phenoxy) is 2. The predicted molar refractivity (Wildman–Crippen MR) is 73.3 cm³/mol. The van der Waals surface area contributed by atoms with E-state index in [-0.39, 0.29) is 12.4 Å². The summed E-state index contributed by atoms with van der Waals surface area (Å²) in [5.41, 5.74) is 6.59. The minimum absolute atomic E-state index is 0.0612.